The number of aromatic nitrogens is 1. The van der Waals surface area contributed by atoms with Crippen LogP contribution in [0.2, 0.25) is 0 Å². The first kappa shape index (κ1) is 10.4. The van der Waals surface area contributed by atoms with Crippen molar-refractivity contribution in [2.75, 3.05) is 0 Å². The molecule has 0 spiro atoms. The van der Waals surface area contributed by atoms with Crippen LogP contribution < -0.4 is 5.56 Å². The molecule has 2 aromatic rings. The summed E-state index contributed by atoms with van der Waals surface area (Å²) >= 11 is 1.55. The number of pyridine rings is 1. The average Bonchev–Trinajstić information content (AvgIpc) is 2.66. The van der Waals surface area contributed by atoms with Crippen LogP contribution in [0.1, 0.15) is 19.9 Å². The van der Waals surface area contributed by atoms with Crippen molar-refractivity contribution >= 4 is 21.4 Å². The monoisotopic (exact) mass is 223 g/mol. The zero-order valence-electron chi connectivity index (χ0n) is 8.68. The average molecular weight is 223 g/mol. The van der Waals surface area contributed by atoms with E-state index in [0.29, 0.717) is 0 Å². The number of thiophene rings is 1. The van der Waals surface area contributed by atoms with E-state index in [1.807, 2.05) is 24.4 Å². The third kappa shape index (κ3) is 1.70. The van der Waals surface area contributed by atoms with Crippen LogP contribution >= 0.6 is 11.3 Å². The molecule has 2 heterocycles. The summed E-state index contributed by atoms with van der Waals surface area (Å²) in [5.74, 6) is 0. The van der Waals surface area contributed by atoms with Crippen molar-refractivity contribution in [3.63, 3.8) is 0 Å². The van der Waals surface area contributed by atoms with E-state index in [1.165, 1.54) is 0 Å². The molecule has 80 valence electrons. The molecule has 0 aliphatic heterocycles. The third-order valence-electron chi connectivity index (χ3n) is 2.68. The lowest BCUT2D eigenvalue weighted by molar-refractivity contribution is 0.137. The number of fused-ring (bicyclic) bond motifs is 1. The van der Waals surface area contributed by atoms with Gasteiger partial charge in [0.15, 0.2) is 0 Å². The van der Waals surface area contributed by atoms with Crippen LogP contribution in [0.15, 0.2) is 28.5 Å². The Hall–Kier alpha value is -1.13. The standard InChI is InChI=1S/C11H13NO2S/c1-7(8(2)13)12-5-3-10-9(11(12)14)4-6-15-10/h3-8,13H,1-2H3. The Morgan fingerprint density at radius 1 is 1.40 bits per heavy atom. The minimum absolute atomic E-state index is 0.0258. The normalized spacial score (nSPS) is 15.4. The van der Waals surface area contributed by atoms with Crippen molar-refractivity contribution in [2.24, 2.45) is 0 Å². The largest absolute Gasteiger partial charge is 0.391 e. The van der Waals surface area contributed by atoms with Gasteiger partial charge in [0.1, 0.15) is 0 Å². The fraction of sp³-hybridized carbons (Fsp3) is 0.364. The zero-order valence-corrected chi connectivity index (χ0v) is 9.49. The molecule has 0 saturated carbocycles. The summed E-state index contributed by atoms with van der Waals surface area (Å²) in [5, 5.41) is 12.1. The molecule has 2 rings (SSSR count). The maximum atomic E-state index is 12.0. The van der Waals surface area contributed by atoms with E-state index in [-0.39, 0.29) is 11.6 Å². The Morgan fingerprint density at radius 3 is 2.80 bits per heavy atom. The molecule has 0 amide bonds. The predicted molar refractivity (Wildman–Crippen MR) is 62.5 cm³/mol. The zero-order chi connectivity index (χ0) is 11.0. The second-order valence-corrected chi connectivity index (χ2v) is 4.66. The van der Waals surface area contributed by atoms with E-state index >= 15 is 0 Å². The van der Waals surface area contributed by atoms with Gasteiger partial charge in [-0.2, -0.15) is 0 Å². The molecule has 2 atom stereocenters. The Morgan fingerprint density at radius 2 is 2.13 bits per heavy atom. The van der Waals surface area contributed by atoms with Crippen molar-refractivity contribution in [3.05, 3.63) is 34.1 Å². The highest BCUT2D eigenvalue weighted by Crippen LogP contribution is 2.18. The lowest BCUT2D eigenvalue weighted by Crippen LogP contribution is -2.28. The number of nitrogens with zero attached hydrogens (tertiary/aromatic N) is 1. The summed E-state index contributed by atoms with van der Waals surface area (Å²) in [7, 11) is 0. The number of rotatable bonds is 2. The summed E-state index contributed by atoms with van der Waals surface area (Å²) in [4.78, 5) is 12.0. The van der Waals surface area contributed by atoms with Gasteiger partial charge in [-0.15, -0.1) is 11.3 Å². The second kappa shape index (κ2) is 3.79. The molecule has 0 aliphatic carbocycles. The number of aliphatic hydroxyl groups is 1. The highest BCUT2D eigenvalue weighted by atomic mass is 32.1. The van der Waals surface area contributed by atoms with E-state index in [1.54, 1.807) is 29.0 Å². The summed E-state index contributed by atoms with van der Waals surface area (Å²) in [6.07, 6.45) is 1.22. The van der Waals surface area contributed by atoms with Gasteiger partial charge in [-0.3, -0.25) is 4.79 Å². The third-order valence-corrected chi connectivity index (χ3v) is 3.57. The Kier molecular flexibility index (Phi) is 2.63. The van der Waals surface area contributed by atoms with Crippen LogP contribution in [0.3, 0.4) is 0 Å². The molecule has 4 heteroatoms. The van der Waals surface area contributed by atoms with Crippen LogP contribution in [0, 0.1) is 0 Å². The topological polar surface area (TPSA) is 42.2 Å². The second-order valence-electron chi connectivity index (χ2n) is 3.71. The van der Waals surface area contributed by atoms with Gasteiger partial charge in [0, 0.05) is 10.9 Å². The van der Waals surface area contributed by atoms with Crippen molar-refractivity contribution in [2.45, 2.75) is 26.0 Å². The molecule has 2 aromatic heterocycles. The predicted octanol–water partition coefficient (Wildman–Crippen LogP) is 2.00. The molecule has 3 nitrogen and oxygen atoms in total. The van der Waals surface area contributed by atoms with Crippen LogP contribution in [0.4, 0.5) is 0 Å². The van der Waals surface area contributed by atoms with Gasteiger partial charge in [-0.05, 0) is 31.4 Å². The van der Waals surface area contributed by atoms with Crippen LogP contribution in [-0.2, 0) is 0 Å². The molecule has 0 fully saturated rings. The quantitative estimate of drug-likeness (QED) is 0.846. The molecule has 1 N–H and O–H groups in total. The lowest BCUT2D eigenvalue weighted by Gasteiger charge is -2.17. The first-order chi connectivity index (χ1) is 7.11. The molecule has 0 saturated heterocycles. The Labute approximate surface area is 91.6 Å². The summed E-state index contributed by atoms with van der Waals surface area (Å²) in [5.41, 5.74) is -0.0258. The van der Waals surface area contributed by atoms with Gasteiger partial charge in [-0.1, -0.05) is 0 Å². The van der Waals surface area contributed by atoms with Crippen molar-refractivity contribution in [1.29, 1.82) is 0 Å². The molecule has 2 unspecified atom stereocenters. The molecular weight excluding hydrogens is 210 g/mol. The summed E-state index contributed by atoms with van der Waals surface area (Å²) < 4.78 is 2.58. The summed E-state index contributed by atoms with van der Waals surface area (Å²) in [6, 6.07) is 3.55. The van der Waals surface area contributed by atoms with Crippen molar-refractivity contribution in [3.8, 4) is 0 Å². The van der Waals surface area contributed by atoms with Gasteiger partial charge in [0.2, 0.25) is 0 Å². The molecule has 0 radical (unpaired) electrons. The van der Waals surface area contributed by atoms with Gasteiger partial charge >= 0.3 is 0 Å². The first-order valence-corrected chi connectivity index (χ1v) is 5.75. The van der Waals surface area contributed by atoms with Crippen LogP contribution in [-0.4, -0.2) is 15.8 Å². The van der Waals surface area contributed by atoms with Crippen molar-refractivity contribution < 1.29 is 5.11 Å². The Balaban J connectivity index is 2.62. The van der Waals surface area contributed by atoms with E-state index < -0.39 is 6.10 Å². The fourth-order valence-corrected chi connectivity index (χ4v) is 2.31. The van der Waals surface area contributed by atoms with Crippen LogP contribution in [0.25, 0.3) is 10.1 Å². The molecular formula is C11H13NO2S. The highest BCUT2D eigenvalue weighted by Gasteiger charge is 2.13. The van der Waals surface area contributed by atoms with Gasteiger partial charge in [-0.25, -0.2) is 0 Å². The fourth-order valence-electron chi connectivity index (χ4n) is 1.53. The van der Waals surface area contributed by atoms with Crippen LogP contribution in [0.5, 0.6) is 0 Å². The SMILES string of the molecule is CC(O)C(C)n1ccc2sccc2c1=O. The van der Waals surface area contributed by atoms with Gasteiger partial charge in [0.05, 0.1) is 17.5 Å². The molecule has 0 bridgehead atoms. The van der Waals surface area contributed by atoms with Crippen molar-refractivity contribution in [1.82, 2.24) is 4.57 Å². The highest BCUT2D eigenvalue weighted by molar-refractivity contribution is 7.17. The summed E-state index contributed by atoms with van der Waals surface area (Å²) in [6.45, 7) is 3.53. The van der Waals surface area contributed by atoms with E-state index in [2.05, 4.69) is 0 Å². The molecule has 15 heavy (non-hydrogen) atoms. The van der Waals surface area contributed by atoms with E-state index in [4.69, 9.17) is 0 Å². The smallest absolute Gasteiger partial charge is 0.259 e. The first-order valence-electron chi connectivity index (χ1n) is 4.87. The van der Waals surface area contributed by atoms with Gasteiger partial charge in [0.25, 0.3) is 5.56 Å². The number of aliphatic hydroxyl groups excluding tert-OH is 1. The van der Waals surface area contributed by atoms with Gasteiger partial charge < -0.3 is 9.67 Å². The Bertz CT molecular complexity index is 527. The van der Waals surface area contributed by atoms with E-state index in [0.717, 1.165) is 10.1 Å². The molecule has 0 aromatic carbocycles. The maximum Gasteiger partial charge on any atom is 0.259 e. The maximum absolute atomic E-state index is 12.0. The minimum atomic E-state index is -0.529. The molecule has 0 aliphatic rings. The number of hydrogen-bond acceptors (Lipinski definition) is 3. The lowest BCUT2D eigenvalue weighted by atomic mass is 10.2. The number of hydrogen-bond donors (Lipinski definition) is 1. The minimum Gasteiger partial charge on any atom is -0.391 e. The van der Waals surface area contributed by atoms with E-state index in [9.17, 15) is 9.90 Å².